The highest BCUT2D eigenvalue weighted by atomic mass is 16.3. The molecule has 0 aliphatic heterocycles. The van der Waals surface area contributed by atoms with Crippen LogP contribution in [0.1, 0.15) is 184 Å². The van der Waals surface area contributed by atoms with E-state index in [0.29, 0.717) is 0 Å². The van der Waals surface area contributed by atoms with E-state index in [1.54, 1.807) is 5.56 Å². The first-order valence-electron chi connectivity index (χ1n) is 25.4. The molecule has 0 heterocycles. The predicted octanol–water partition coefficient (Wildman–Crippen LogP) is 18.2. The van der Waals surface area contributed by atoms with Crippen molar-refractivity contribution in [1.29, 1.82) is 0 Å². The number of fused-ring (bicyclic) bond motifs is 7. The molecular formula is C61H75NO. The fourth-order valence-corrected chi connectivity index (χ4v) is 11.9. The maximum absolute atomic E-state index is 10.5. The summed E-state index contributed by atoms with van der Waals surface area (Å²) in [5.74, 6) is 0. The van der Waals surface area contributed by atoms with Crippen molar-refractivity contribution in [2.24, 2.45) is 0 Å². The summed E-state index contributed by atoms with van der Waals surface area (Å²) >= 11 is 0. The third-order valence-electron chi connectivity index (χ3n) is 15.2. The third-order valence-corrected chi connectivity index (χ3v) is 15.2. The number of hydrogen-bond donors (Lipinski definition) is 1. The summed E-state index contributed by atoms with van der Waals surface area (Å²) in [5, 5.41) is 13.0. The zero-order valence-corrected chi connectivity index (χ0v) is 39.3. The van der Waals surface area contributed by atoms with Gasteiger partial charge in [0.05, 0.1) is 6.61 Å². The molecule has 0 bridgehead atoms. The highest BCUT2D eigenvalue weighted by Gasteiger charge is 2.44. The molecule has 6 aromatic carbocycles. The topological polar surface area (TPSA) is 23.5 Å². The van der Waals surface area contributed by atoms with Crippen molar-refractivity contribution in [3.05, 3.63) is 149 Å². The first kappa shape index (κ1) is 44.9. The van der Waals surface area contributed by atoms with Crippen molar-refractivity contribution >= 4 is 27.8 Å². The van der Waals surface area contributed by atoms with Crippen LogP contribution in [0.25, 0.3) is 33.0 Å². The van der Waals surface area contributed by atoms with Crippen LogP contribution in [0.15, 0.2) is 121 Å². The van der Waals surface area contributed by atoms with E-state index >= 15 is 0 Å². The van der Waals surface area contributed by atoms with Crippen molar-refractivity contribution in [2.75, 3.05) is 4.90 Å². The smallest absolute Gasteiger partial charge is 0.0681 e. The zero-order valence-electron chi connectivity index (χ0n) is 39.3. The van der Waals surface area contributed by atoms with Crippen LogP contribution in [0.2, 0.25) is 0 Å². The number of nitrogens with zero attached hydrogens (tertiary/aromatic N) is 1. The van der Waals surface area contributed by atoms with Gasteiger partial charge in [-0.1, -0.05) is 215 Å². The van der Waals surface area contributed by atoms with E-state index in [0.717, 1.165) is 18.4 Å². The Morgan fingerprint density at radius 3 is 1.30 bits per heavy atom. The van der Waals surface area contributed by atoms with Gasteiger partial charge in [-0.25, -0.2) is 0 Å². The molecule has 330 valence electrons. The summed E-state index contributed by atoms with van der Waals surface area (Å²) in [6.07, 6.45) is 24.9. The first-order chi connectivity index (χ1) is 31.0. The molecule has 0 fully saturated rings. The predicted molar refractivity (Wildman–Crippen MR) is 272 cm³/mol. The Kier molecular flexibility index (Phi) is 14.9. The average molecular weight is 838 g/mol. The van der Waals surface area contributed by atoms with Gasteiger partial charge in [-0.05, 0) is 123 Å². The van der Waals surface area contributed by atoms with Crippen LogP contribution < -0.4 is 4.90 Å². The van der Waals surface area contributed by atoms with Gasteiger partial charge in [-0.15, -0.1) is 0 Å². The normalized spacial score (nSPS) is 14.1. The molecule has 0 radical (unpaired) electrons. The second-order valence-electron chi connectivity index (χ2n) is 19.3. The quantitative estimate of drug-likeness (QED) is 0.0614. The minimum absolute atomic E-state index is 0.00853. The van der Waals surface area contributed by atoms with Gasteiger partial charge in [0.25, 0.3) is 0 Å². The Labute approximate surface area is 381 Å². The number of hydrogen-bond acceptors (Lipinski definition) is 2. The molecule has 0 saturated heterocycles. The molecule has 63 heavy (non-hydrogen) atoms. The van der Waals surface area contributed by atoms with E-state index < -0.39 is 0 Å². The van der Waals surface area contributed by atoms with Gasteiger partial charge in [0.1, 0.15) is 0 Å². The number of aliphatic hydroxyl groups is 1. The summed E-state index contributed by atoms with van der Waals surface area (Å²) in [4.78, 5) is 2.59. The van der Waals surface area contributed by atoms with Crippen LogP contribution in [-0.4, -0.2) is 5.11 Å². The second-order valence-corrected chi connectivity index (χ2v) is 19.3. The molecule has 0 saturated carbocycles. The fraction of sp³-hybridized carbons (Fsp3) is 0.443. The molecule has 2 aliphatic rings. The lowest BCUT2D eigenvalue weighted by atomic mass is 9.70. The Hall–Kier alpha value is -4.66. The summed E-state index contributed by atoms with van der Waals surface area (Å²) in [7, 11) is 0. The van der Waals surface area contributed by atoms with Gasteiger partial charge < -0.3 is 10.0 Å². The molecule has 0 spiro atoms. The van der Waals surface area contributed by atoms with Crippen molar-refractivity contribution < 1.29 is 5.11 Å². The maximum atomic E-state index is 10.5. The highest BCUT2D eigenvalue weighted by Crippen LogP contribution is 2.58. The second kappa shape index (κ2) is 20.9. The van der Waals surface area contributed by atoms with Crippen LogP contribution in [0.4, 0.5) is 17.1 Å². The van der Waals surface area contributed by atoms with Gasteiger partial charge in [0, 0.05) is 27.9 Å². The summed E-state index contributed by atoms with van der Waals surface area (Å²) in [5.41, 5.74) is 16.3. The van der Waals surface area contributed by atoms with Crippen LogP contribution in [-0.2, 0) is 17.4 Å². The van der Waals surface area contributed by atoms with E-state index in [9.17, 15) is 5.11 Å². The maximum Gasteiger partial charge on any atom is 0.0681 e. The van der Waals surface area contributed by atoms with Crippen LogP contribution in [0, 0.1) is 0 Å². The molecule has 0 atom stereocenters. The van der Waals surface area contributed by atoms with Gasteiger partial charge in [-0.3, -0.25) is 0 Å². The monoisotopic (exact) mass is 838 g/mol. The number of anilines is 3. The van der Waals surface area contributed by atoms with Gasteiger partial charge >= 0.3 is 0 Å². The summed E-state index contributed by atoms with van der Waals surface area (Å²) < 4.78 is 0. The molecule has 0 aromatic heterocycles. The Morgan fingerprint density at radius 1 is 0.365 bits per heavy atom. The Morgan fingerprint density at radius 2 is 0.778 bits per heavy atom. The Bertz CT molecular complexity index is 2410. The summed E-state index contributed by atoms with van der Waals surface area (Å²) in [6.45, 7) is 9.39. The van der Waals surface area contributed by atoms with Gasteiger partial charge in [0.2, 0.25) is 0 Å². The van der Waals surface area contributed by atoms with Crippen molar-refractivity contribution in [3.63, 3.8) is 0 Å². The lowest BCUT2D eigenvalue weighted by molar-refractivity contribution is 0.281. The van der Waals surface area contributed by atoms with E-state index in [-0.39, 0.29) is 17.4 Å². The van der Waals surface area contributed by atoms with E-state index in [4.69, 9.17) is 0 Å². The van der Waals surface area contributed by atoms with Crippen molar-refractivity contribution in [2.45, 2.75) is 174 Å². The molecule has 2 heteroatoms. The molecule has 6 aromatic rings. The number of aliphatic hydroxyl groups excluding tert-OH is 1. The van der Waals surface area contributed by atoms with Crippen LogP contribution in [0.5, 0.6) is 0 Å². The molecule has 0 amide bonds. The zero-order chi connectivity index (χ0) is 43.7. The molecule has 2 nitrogen and oxygen atoms in total. The van der Waals surface area contributed by atoms with E-state index in [1.165, 1.54) is 182 Å². The molecule has 8 rings (SSSR count). The van der Waals surface area contributed by atoms with Crippen LogP contribution in [0.3, 0.4) is 0 Å². The highest BCUT2D eigenvalue weighted by molar-refractivity contribution is 5.92. The lowest BCUT2D eigenvalue weighted by Crippen LogP contribution is -2.26. The van der Waals surface area contributed by atoms with Gasteiger partial charge in [0.15, 0.2) is 0 Å². The molecular weight excluding hydrogens is 763 g/mol. The van der Waals surface area contributed by atoms with Gasteiger partial charge in [-0.2, -0.15) is 0 Å². The third kappa shape index (κ3) is 9.04. The number of rotatable bonds is 24. The average Bonchev–Trinajstić information content (AvgIpc) is 3.75. The standard InChI is InChI=1S/C61H75NO/c1-5-9-13-21-37-60(38-22-14-10-6-2)56-28-20-19-27-52(56)54-35-32-50(43-58(54)60)62(49-31-30-47-25-17-18-26-48(47)42-49)51-33-36-55-53-34-29-46(45-63)41-57(53)61(59(55)44-51,39-23-15-11-7-3)40-24-16-12-8-4/h17-20,25-36,41-44,63H,5-16,21-24,37-40,45H2,1-4H3. The SMILES string of the molecule is CCCCCCC1(CCCCCC)c2ccccc2-c2ccc(N(c3ccc4c(c3)C(CCCCCC)(CCCCCC)c3cc(CO)ccc3-4)c3ccc4ccccc4c3)cc21. The molecule has 1 N–H and O–H groups in total. The first-order valence-corrected chi connectivity index (χ1v) is 25.4. The molecule has 2 aliphatic carbocycles. The summed E-state index contributed by atoms with van der Waals surface area (Å²) in [6, 6.07) is 47.2. The lowest BCUT2D eigenvalue weighted by Gasteiger charge is -2.35. The Balaban J connectivity index is 1.32. The van der Waals surface area contributed by atoms with Crippen LogP contribution >= 0.6 is 0 Å². The molecule has 0 unspecified atom stereocenters. The van der Waals surface area contributed by atoms with Crippen molar-refractivity contribution in [3.8, 4) is 22.3 Å². The van der Waals surface area contributed by atoms with E-state index in [1.807, 2.05) is 0 Å². The number of benzene rings is 6. The minimum Gasteiger partial charge on any atom is -0.392 e. The van der Waals surface area contributed by atoms with E-state index in [2.05, 4.69) is 154 Å². The van der Waals surface area contributed by atoms with Crippen molar-refractivity contribution in [1.82, 2.24) is 0 Å². The largest absolute Gasteiger partial charge is 0.392 e. The fourth-order valence-electron chi connectivity index (χ4n) is 11.9. The number of unbranched alkanes of at least 4 members (excludes halogenated alkanes) is 12. The minimum atomic E-state index is -0.0892.